The van der Waals surface area contributed by atoms with Crippen LogP contribution in [0.25, 0.3) is 0 Å². The summed E-state index contributed by atoms with van der Waals surface area (Å²) < 4.78 is 4.73. The summed E-state index contributed by atoms with van der Waals surface area (Å²) in [6, 6.07) is 6.13. The Labute approximate surface area is 110 Å². The molecule has 0 fully saturated rings. The Hall–Kier alpha value is -1.59. The van der Waals surface area contributed by atoms with Crippen LogP contribution in [-0.2, 0) is 11.3 Å². The van der Waals surface area contributed by atoms with E-state index in [0.29, 0.717) is 12.1 Å². The van der Waals surface area contributed by atoms with Crippen molar-refractivity contribution >= 4 is 17.3 Å². The highest BCUT2D eigenvalue weighted by molar-refractivity contribution is 7.10. The first-order valence-electron chi connectivity index (χ1n) is 5.73. The van der Waals surface area contributed by atoms with Gasteiger partial charge in [-0.15, -0.1) is 11.3 Å². The zero-order chi connectivity index (χ0) is 13.0. The molecular formula is C13H16N2O2S. The first-order chi connectivity index (χ1) is 8.72. The molecule has 18 heavy (non-hydrogen) atoms. The number of aromatic amines is 1. The van der Waals surface area contributed by atoms with Crippen LogP contribution in [0.5, 0.6) is 0 Å². The number of H-pyrrole nitrogens is 1. The fourth-order valence-corrected chi connectivity index (χ4v) is 2.50. The van der Waals surface area contributed by atoms with Crippen molar-refractivity contribution in [1.29, 1.82) is 0 Å². The van der Waals surface area contributed by atoms with Crippen molar-refractivity contribution < 1.29 is 9.53 Å². The quantitative estimate of drug-likeness (QED) is 0.816. The Bertz CT molecular complexity index is 505. The first-order valence-corrected chi connectivity index (χ1v) is 6.61. The smallest absolute Gasteiger partial charge is 0.339 e. The third-order valence-electron chi connectivity index (χ3n) is 2.79. The number of rotatable bonds is 5. The van der Waals surface area contributed by atoms with Crippen LogP contribution in [0, 0.1) is 0 Å². The number of thiophene rings is 1. The van der Waals surface area contributed by atoms with Crippen LogP contribution in [0.4, 0.5) is 0 Å². The number of carbonyl (C=O) groups excluding carboxylic acids is 1. The van der Waals surface area contributed by atoms with Gasteiger partial charge in [0, 0.05) is 29.4 Å². The molecule has 0 aliphatic rings. The van der Waals surface area contributed by atoms with E-state index >= 15 is 0 Å². The highest BCUT2D eigenvalue weighted by atomic mass is 32.1. The summed E-state index contributed by atoms with van der Waals surface area (Å²) in [5, 5.41) is 5.44. The topological polar surface area (TPSA) is 54.1 Å². The second kappa shape index (κ2) is 5.84. The third kappa shape index (κ3) is 2.80. The van der Waals surface area contributed by atoms with E-state index in [1.54, 1.807) is 23.6 Å². The van der Waals surface area contributed by atoms with Gasteiger partial charge in [0.1, 0.15) is 0 Å². The average molecular weight is 264 g/mol. The molecule has 1 atom stereocenters. The maximum absolute atomic E-state index is 11.5. The molecule has 2 rings (SSSR count). The van der Waals surface area contributed by atoms with E-state index in [4.69, 9.17) is 4.74 Å². The molecule has 2 N–H and O–H groups in total. The number of ether oxygens (including phenoxy) is 1. The second-order valence-electron chi connectivity index (χ2n) is 3.98. The Balaban J connectivity index is 1.98. The lowest BCUT2D eigenvalue weighted by Gasteiger charge is -2.12. The van der Waals surface area contributed by atoms with Gasteiger partial charge < -0.3 is 15.0 Å². The number of hydrogen-bond donors (Lipinski definition) is 2. The molecule has 5 heteroatoms. The van der Waals surface area contributed by atoms with Gasteiger partial charge in [-0.2, -0.15) is 0 Å². The van der Waals surface area contributed by atoms with Crippen LogP contribution in [0.2, 0.25) is 0 Å². The minimum absolute atomic E-state index is 0.263. The summed E-state index contributed by atoms with van der Waals surface area (Å²) in [5.41, 5.74) is 1.44. The maximum atomic E-state index is 11.5. The van der Waals surface area contributed by atoms with Gasteiger partial charge >= 0.3 is 5.97 Å². The van der Waals surface area contributed by atoms with Crippen LogP contribution in [-0.4, -0.2) is 18.1 Å². The van der Waals surface area contributed by atoms with Crippen LogP contribution in [0.1, 0.15) is 33.9 Å². The normalized spacial score (nSPS) is 12.3. The predicted molar refractivity (Wildman–Crippen MR) is 71.7 cm³/mol. The van der Waals surface area contributed by atoms with E-state index < -0.39 is 0 Å². The average Bonchev–Trinajstić information content (AvgIpc) is 3.05. The molecule has 0 radical (unpaired) electrons. The van der Waals surface area contributed by atoms with Gasteiger partial charge in [-0.1, -0.05) is 6.07 Å². The third-order valence-corrected chi connectivity index (χ3v) is 3.85. The van der Waals surface area contributed by atoms with Crippen LogP contribution >= 0.6 is 11.3 Å². The molecule has 1 unspecified atom stereocenters. The summed E-state index contributed by atoms with van der Waals surface area (Å²) in [7, 11) is 1.39. The molecule has 2 heterocycles. The van der Waals surface area contributed by atoms with Gasteiger partial charge in [0.15, 0.2) is 0 Å². The van der Waals surface area contributed by atoms with E-state index in [0.717, 1.165) is 5.69 Å². The highest BCUT2D eigenvalue weighted by Crippen LogP contribution is 2.19. The van der Waals surface area contributed by atoms with E-state index in [1.165, 1.54) is 12.0 Å². The number of hydrogen-bond acceptors (Lipinski definition) is 4. The van der Waals surface area contributed by atoms with E-state index in [-0.39, 0.29) is 12.0 Å². The number of esters is 1. The predicted octanol–water partition coefficient (Wildman–Crippen LogP) is 2.71. The number of carbonyl (C=O) groups is 1. The molecule has 0 saturated heterocycles. The fraction of sp³-hybridized carbons (Fsp3) is 0.308. The number of methoxy groups -OCH3 is 1. The molecule has 2 aromatic rings. The Morgan fingerprint density at radius 3 is 3.06 bits per heavy atom. The second-order valence-corrected chi connectivity index (χ2v) is 4.96. The van der Waals surface area contributed by atoms with Gasteiger partial charge in [-0.25, -0.2) is 4.79 Å². The van der Waals surface area contributed by atoms with Crippen molar-refractivity contribution in [2.45, 2.75) is 19.5 Å². The standard InChI is InChI=1S/C13H16N2O2S/c1-9(12-4-3-7-18-12)15-8-11-10(5-6-14-11)13(16)17-2/h3-7,9,14-15H,8H2,1-2H3. The zero-order valence-corrected chi connectivity index (χ0v) is 11.2. The van der Waals surface area contributed by atoms with Crippen molar-refractivity contribution in [2.24, 2.45) is 0 Å². The molecule has 0 aromatic carbocycles. The lowest BCUT2D eigenvalue weighted by Crippen LogP contribution is -2.19. The molecule has 2 aromatic heterocycles. The SMILES string of the molecule is COC(=O)c1cc[nH]c1CNC(C)c1cccs1. The van der Waals surface area contributed by atoms with Gasteiger partial charge in [0.05, 0.1) is 12.7 Å². The van der Waals surface area contributed by atoms with Crippen molar-refractivity contribution in [2.75, 3.05) is 7.11 Å². The molecule has 0 aliphatic carbocycles. The van der Waals surface area contributed by atoms with Crippen molar-refractivity contribution in [1.82, 2.24) is 10.3 Å². The minimum atomic E-state index is -0.308. The van der Waals surface area contributed by atoms with E-state index in [1.807, 2.05) is 6.07 Å². The summed E-state index contributed by atoms with van der Waals surface area (Å²) in [6.07, 6.45) is 1.75. The Morgan fingerprint density at radius 2 is 2.39 bits per heavy atom. The van der Waals surface area contributed by atoms with Crippen molar-refractivity contribution in [3.8, 4) is 0 Å². The molecule has 0 aliphatic heterocycles. The maximum Gasteiger partial charge on any atom is 0.339 e. The van der Waals surface area contributed by atoms with Crippen molar-refractivity contribution in [3.63, 3.8) is 0 Å². The summed E-state index contributed by atoms with van der Waals surface area (Å²) in [6.45, 7) is 2.71. The Kier molecular flexibility index (Phi) is 4.17. The highest BCUT2D eigenvalue weighted by Gasteiger charge is 2.13. The largest absolute Gasteiger partial charge is 0.465 e. The molecule has 0 bridgehead atoms. The lowest BCUT2D eigenvalue weighted by molar-refractivity contribution is 0.0599. The summed E-state index contributed by atoms with van der Waals surface area (Å²) >= 11 is 1.72. The summed E-state index contributed by atoms with van der Waals surface area (Å²) in [5.74, 6) is -0.308. The fourth-order valence-electron chi connectivity index (χ4n) is 1.74. The molecular weight excluding hydrogens is 248 g/mol. The van der Waals surface area contributed by atoms with Gasteiger partial charge in [0.25, 0.3) is 0 Å². The molecule has 96 valence electrons. The van der Waals surface area contributed by atoms with Gasteiger partial charge in [-0.05, 0) is 24.4 Å². The first kappa shape index (κ1) is 12.9. The monoisotopic (exact) mass is 264 g/mol. The number of nitrogens with one attached hydrogen (secondary N) is 2. The van der Waals surface area contributed by atoms with Gasteiger partial charge in [0.2, 0.25) is 0 Å². The molecule has 0 saturated carbocycles. The molecule has 0 amide bonds. The van der Waals surface area contributed by atoms with Crippen molar-refractivity contribution in [3.05, 3.63) is 45.9 Å². The van der Waals surface area contributed by atoms with E-state index in [2.05, 4.69) is 28.7 Å². The van der Waals surface area contributed by atoms with Crippen LogP contribution in [0.3, 0.4) is 0 Å². The molecule has 0 spiro atoms. The van der Waals surface area contributed by atoms with Crippen LogP contribution < -0.4 is 5.32 Å². The Morgan fingerprint density at radius 1 is 1.56 bits per heavy atom. The van der Waals surface area contributed by atoms with E-state index in [9.17, 15) is 4.79 Å². The minimum Gasteiger partial charge on any atom is -0.465 e. The lowest BCUT2D eigenvalue weighted by atomic mass is 10.2. The summed E-state index contributed by atoms with van der Waals surface area (Å²) in [4.78, 5) is 15.8. The van der Waals surface area contributed by atoms with Crippen LogP contribution in [0.15, 0.2) is 29.8 Å². The zero-order valence-electron chi connectivity index (χ0n) is 10.4. The van der Waals surface area contributed by atoms with Gasteiger partial charge in [-0.3, -0.25) is 0 Å². The number of aromatic nitrogens is 1. The molecule has 4 nitrogen and oxygen atoms in total.